The Morgan fingerprint density at radius 3 is 2.33 bits per heavy atom. The Balaban J connectivity index is 2.18. The molecule has 3 heterocycles. The molecule has 6 nitrogen and oxygen atoms in total. The SMILES string of the molecule is CNc1ccn2c(=O)c(-c3cnn(CC(F)(F)C(F)(F)F)c3)c(C(F)(F)F)nc2c1. The highest BCUT2D eigenvalue weighted by molar-refractivity contribution is 5.67. The van der Waals surface area contributed by atoms with Crippen LogP contribution in [0.2, 0.25) is 0 Å². The summed E-state index contributed by atoms with van der Waals surface area (Å²) in [6.45, 7) is -1.97. The summed E-state index contributed by atoms with van der Waals surface area (Å²) in [5.74, 6) is -5.18. The Hall–Kier alpha value is -3.19. The Morgan fingerprint density at radius 1 is 1.10 bits per heavy atom. The minimum atomic E-state index is -5.88. The van der Waals surface area contributed by atoms with Gasteiger partial charge in [-0.05, 0) is 6.07 Å². The number of alkyl halides is 8. The third-order valence-electron chi connectivity index (χ3n) is 4.08. The van der Waals surface area contributed by atoms with Crippen molar-refractivity contribution in [2.45, 2.75) is 24.8 Å². The first kappa shape index (κ1) is 21.5. The zero-order chi connectivity index (χ0) is 22.5. The van der Waals surface area contributed by atoms with Crippen LogP contribution in [-0.4, -0.2) is 38.3 Å². The van der Waals surface area contributed by atoms with E-state index in [4.69, 9.17) is 0 Å². The lowest BCUT2D eigenvalue weighted by molar-refractivity contribution is -0.287. The fourth-order valence-corrected chi connectivity index (χ4v) is 2.63. The predicted octanol–water partition coefficient (Wildman–Crippen LogP) is 3.82. The molecule has 14 heteroatoms. The highest BCUT2D eigenvalue weighted by atomic mass is 19.4. The topological polar surface area (TPSA) is 64.2 Å². The van der Waals surface area contributed by atoms with Crippen LogP contribution in [0.1, 0.15) is 5.69 Å². The van der Waals surface area contributed by atoms with Gasteiger partial charge in [0.1, 0.15) is 12.2 Å². The highest BCUT2D eigenvalue weighted by Crippen LogP contribution is 2.37. The minimum Gasteiger partial charge on any atom is -0.388 e. The smallest absolute Gasteiger partial charge is 0.388 e. The maximum absolute atomic E-state index is 13.5. The largest absolute Gasteiger partial charge is 0.455 e. The number of rotatable bonds is 4. The van der Waals surface area contributed by atoms with Crippen LogP contribution in [0.3, 0.4) is 0 Å². The molecule has 0 unspecified atom stereocenters. The number of nitrogens with one attached hydrogen (secondary N) is 1. The average Bonchev–Trinajstić information content (AvgIpc) is 3.06. The van der Waals surface area contributed by atoms with Crippen molar-refractivity contribution in [1.29, 1.82) is 0 Å². The fraction of sp³-hybridized carbons (Fsp3) is 0.312. The maximum Gasteiger partial charge on any atom is 0.455 e. The molecule has 0 bridgehead atoms. The van der Waals surface area contributed by atoms with Gasteiger partial charge < -0.3 is 5.32 Å². The Bertz CT molecular complexity index is 1150. The molecule has 0 radical (unpaired) electrons. The molecule has 30 heavy (non-hydrogen) atoms. The van der Waals surface area contributed by atoms with Gasteiger partial charge in [-0.1, -0.05) is 0 Å². The highest BCUT2D eigenvalue weighted by Gasteiger charge is 2.57. The van der Waals surface area contributed by atoms with Gasteiger partial charge in [-0.25, -0.2) is 4.98 Å². The molecule has 162 valence electrons. The molecule has 0 aliphatic heterocycles. The molecule has 0 amide bonds. The summed E-state index contributed by atoms with van der Waals surface area (Å²) in [6.07, 6.45) is -8.76. The molecular formula is C16H11F8N5O. The number of halogens is 8. The second kappa shape index (κ2) is 6.95. The van der Waals surface area contributed by atoms with Crippen molar-refractivity contribution < 1.29 is 35.1 Å². The number of aromatic nitrogens is 4. The number of nitrogens with zero attached hydrogens (tertiary/aromatic N) is 4. The second-order valence-corrected chi connectivity index (χ2v) is 6.16. The quantitative estimate of drug-likeness (QED) is 0.626. The zero-order valence-corrected chi connectivity index (χ0v) is 14.8. The summed E-state index contributed by atoms with van der Waals surface area (Å²) in [5.41, 5.74) is -4.44. The van der Waals surface area contributed by atoms with Crippen molar-refractivity contribution in [2.24, 2.45) is 0 Å². The van der Waals surface area contributed by atoms with Gasteiger partial charge in [0, 0.05) is 36.8 Å². The van der Waals surface area contributed by atoms with Crippen molar-refractivity contribution in [1.82, 2.24) is 19.2 Å². The third-order valence-corrected chi connectivity index (χ3v) is 4.08. The van der Waals surface area contributed by atoms with E-state index < -0.39 is 47.2 Å². The summed E-state index contributed by atoms with van der Waals surface area (Å²) in [5, 5.41) is 5.91. The summed E-state index contributed by atoms with van der Waals surface area (Å²) in [4.78, 5) is 16.1. The molecule has 0 spiro atoms. The lowest BCUT2D eigenvalue weighted by Gasteiger charge is -2.19. The van der Waals surface area contributed by atoms with Gasteiger partial charge in [-0.2, -0.15) is 40.2 Å². The predicted molar refractivity (Wildman–Crippen MR) is 88.2 cm³/mol. The van der Waals surface area contributed by atoms with Crippen LogP contribution in [0.5, 0.6) is 0 Å². The van der Waals surface area contributed by atoms with Gasteiger partial charge >= 0.3 is 18.3 Å². The summed E-state index contributed by atoms with van der Waals surface area (Å²) in [7, 11) is 1.49. The number of hydrogen-bond donors (Lipinski definition) is 1. The van der Waals surface area contributed by atoms with E-state index in [9.17, 15) is 39.9 Å². The molecule has 3 aromatic rings. The van der Waals surface area contributed by atoms with Gasteiger partial charge in [0.15, 0.2) is 5.69 Å². The molecule has 0 fully saturated rings. The van der Waals surface area contributed by atoms with E-state index in [-0.39, 0.29) is 10.3 Å². The fourth-order valence-electron chi connectivity index (χ4n) is 2.63. The van der Waals surface area contributed by atoms with Crippen molar-refractivity contribution in [3.63, 3.8) is 0 Å². The summed E-state index contributed by atoms with van der Waals surface area (Å²) in [6, 6.07) is 2.55. The van der Waals surface area contributed by atoms with Crippen molar-refractivity contribution >= 4 is 11.3 Å². The minimum absolute atomic E-state index is 0.112. The Morgan fingerprint density at radius 2 is 1.77 bits per heavy atom. The van der Waals surface area contributed by atoms with Crippen LogP contribution in [0, 0.1) is 0 Å². The molecule has 0 aliphatic rings. The molecule has 0 aliphatic carbocycles. The molecular weight excluding hydrogens is 430 g/mol. The first-order chi connectivity index (χ1) is 13.7. The lowest BCUT2D eigenvalue weighted by Crippen LogP contribution is -2.40. The van der Waals surface area contributed by atoms with Crippen LogP contribution >= 0.6 is 0 Å². The van der Waals surface area contributed by atoms with E-state index >= 15 is 0 Å². The van der Waals surface area contributed by atoms with E-state index in [2.05, 4.69) is 15.4 Å². The number of pyridine rings is 1. The van der Waals surface area contributed by atoms with E-state index in [1.165, 1.54) is 19.2 Å². The van der Waals surface area contributed by atoms with E-state index in [0.29, 0.717) is 18.1 Å². The van der Waals surface area contributed by atoms with Gasteiger partial charge in [-0.15, -0.1) is 0 Å². The first-order valence-corrected chi connectivity index (χ1v) is 8.03. The zero-order valence-electron chi connectivity index (χ0n) is 14.8. The average molecular weight is 441 g/mol. The number of hydrogen-bond acceptors (Lipinski definition) is 4. The lowest BCUT2D eigenvalue weighted by atomic mass is 10.1. The number of fused-ring (bicyclic) bond motifs is 1. The molecule has 0 aromatic carbocycles. The van der Waals surface area contributed by atoms with Crippen molar-refractivity contribution in [3.8, 4) is 11.1 Å². The van der Waals surface area contributed by atoms with Crippen LogP contribution in [-0.2, 0) is 12.7 Å². The van der Waals surface area contributed by atoms with Gasteiger partial charge in [-0.3, -0.25) is 13.9 Å². The maximum atomic E-state index is 13.5. The van der Waals surface area contributed by atoms with Crippen LogP contribution in [0.25, 0.3) is 16.8 Å². The molecule has 0 saturated heterocycles. The van der Waals surface area contributed by atoms with E-state index in [1.807, 2.05) is 0 Å². The van der Waals surface area contributed by atoms with Crippen LogP contribution in [0.4, 0.5) is 40.8 Å². The summed E-state index contributed by atoms with van der Waals surface area (Å²) < 4.78 is 105. The molecule has 3 aromatic heterocycles. The molecule has 0 atom stereocenters. The normalized spacial score (nSPS) is 13.1. The monoisotopic (exact) mass is 441 g/mol. The van der Waals surface area contributed by atoms with Crippen LogP contribution < -0.4 is 10.9 Å². The van der Waals surface area contributed by atoms with Gasteiger partial charge in [0.2, 0.25) is 0 Å². The third kappa shape index (κ3) is 3.80. The van der Waals surface area contributed by atoms with E-state index in [1.54, 1.807) is 0 Å². The standard InChI is InChI=1S/C16H11F8N5O/c1-25-9-2-3-29-10(4-9)27-12(15(19,20)21)11(13(29)30)8-5-26-28(6-8)7-14(17,18)16(22,23)24/h2-6,25H,7H2,1H3. The molecule has 3 rings (SSSR count). The molecule has 1 N–H and O–H groups in total. The van der Waals surface area contributed by atoms with Gasteiger partial charge in [0.25, 0.3) is 5.56 Å². The summed E-state index contributed by atoms with van der Waals surface area (Å²) >= 11 is 0. The van der Waals surface area contributed by atoms with Gasteiger partial charge in [0.05, 0.1) is 11.8 Å². The number of anilines is 1. The Kier molecular flexibility index (Phi) is 4.99. The molecule has 0 saturated carbocycles. The van der Waals surface area contributed by atoms with Crippen molar-refractivity contribution in [3.05, 3.63) is 46.8 Å². The second-order valence-electron chi connectivity index (χ2n) is 6.16. The van der Waals surface area contributed by atoms with E-state index in [0.717, 1.165) is 10.6 Å². The van der Waals surface area contributed by atoms with Crippen LogP contribution in [0.15, 0.2) is 35.5 Å². The first-order valence-electron chi connectivity index (χ1n) is 8.03. The Labute approximate surface area is 161 Å². The van der Waals surface area contributed by atoms with Crippen molar-refractivity contribution in [2.75, 3.05) is 12.4 Å².